The van der Waals surface area contributed by atoms with Crippen molar-refractivity contribution in [3.05, 3.63) is 11.1 Å². The van der Waals surface area contributed by atoms with Crippen LogP contribution in [-0.4, -0.2) is 9.59 Å². The molecule has 1 rings (SSSR count). The van der Waals surface area contributed by atoms with Crippen LogP contribution < -0.4 is 0 Å². The number of aromatic nitrogens is 2. The van der Waals surface area contributed by atoms with Crippen molar-refractivity contribution in [3.8, 4) is 0 Å². The van der Waals surface area contributed by atoms with E-state index in [1.54, 1.807) is 0 Å². The van der Waals surface area contributed by atoms with Crippen LogP contribution in [0, 0.1) is 0 Å². The Hall–Kier alpha value is -0.440. The van der Waals surface area contributed by atoms with E-state index in [2.05, 4.69) is 30.4 Å². The summed E-state index contributed by atoms with van der Waals surface area (Å²) in [5.41, 5.74) is 1.24. The Morgan fingerprint density at radius 1 is 1.44 bits per heavy atom. The van der Waals surface area contributed by atoms with Gasteiger partial charge in [-0.2, -0.15) is 0 Å². The molecular weight excluding hydrogens is 132 g/mol. The van der Waals surface area contributed by atoms with Crippen LogP contribution in [-0.2, 0) is 5.41 Å². The molecule has 1 aromatic heterocycles. The van der Waals surface area contributed by atoms with Crippen LogP contribution >= 0.6 is 11.5 Å². The molecule has 0 radical (unpaired) electrons. The summed E-state index contributed by atoms with van der Waals surface area (Å²) >= 11 is 1.41. The SMILES string of the molecule is CC(C)(C)c1csnn1. The number of hydrogen-bond acceptors (Lipinski definition) is 3. The van der Waals surface area contributed by atoms with Crippen LogP contribution in [0.2, 0.25) is 0 Å². The molecule has 50 valence electrons. The van der Waals surface area contributed by atoms with Gasteiger partial charge in [0, 0.05) is 10.8 Å². The first kappa shape index (κ1) is 6.68. The van der Waals surface area contributed by atoms with E-state index < -0.39 is 0 Å². The van der Waals surface area contributed by atoms with Crippen molar-refractivity contribution in [2.75, 3.05) is 0 Å². The maximum Gasteiger partial charge on any atom is 0.0808 e. The standard InChI is InChI=1S/C6H10N2S/c1-6(2,3)5-4-9-8-7-5/h4H,1-3H3. The summed E-state index contributed by atoms with van der Waals surface area (Å²) in [6.07, 6.45) is 0. The van der Waals surface area contributed by atoms with Crippen molar-refractivity contribution in [3.63, 3.8) is 0 Å². The van der Waals surface area contributed by atoms with Crippen LogP contribution in [0.1, 0.15) is 26.5 Å². The first-order chi connectivity index (χ1) is 4.11. The fourth-order valence-electron chi connectivity index (χ4n) is 0.491. The lowest BCUT2D eigenvalue weighted by Crippen LogP contribution is -2.11. The topological polar surface area (TPSA) is 25.8 Å². The van der Waals surface area contributed by atoms with Gasteiger partial charge in [-0.25, -0.2) is 0 Å². The van der Waals surface area contributed by atoms with E-state index in [1.807, 2.05) is 5.38 Å². The molecule has 0 aliphatic heterocycles. The van der Waals surface area contributed by atoms with Gasteiger partial charge in [-0.15, -0.1) is 5.10 Å². The smallest absolute Gasteiger partial charge is 0.0808 e. The largest absolute Gasteiger partial charge is 0.143 e. The highest BCUT2D eigenvalue weighted by molar-refractivity contribution is 7.03. The lowest BCUT2D eigenvalue weighted by molar-refractivity contribution is 0.567. The van der Waals surface area contributed by atoms with Crippen molar-refractivity contribution in [1.29, 1.82) is 0 Å². The van der Waals surface area contributed by atoms with Gasteiger partial charge in [-0.1, -0.05) is 25.3 Å². The molecule has 2 nitrogen and oxygen atoms in total. The third kappa shape index (κ3) is 1.48. The molecule has 0 amide bonds. The van der Waals surface area contributed by atoms with Gasteiger partial charge in [0.1, 0.15) is 0 Å². The van der Waals surface area contributed by atoms with Gasteiger partial charge < -0.3 is 0 Å². The third-order valence-electron chi connectivity index (χ3n) is 1.13. The predicted octanol–water partition coefficient (Wildman–Crippen LogP) is 1.84. The number of rotatable bonds is 0. The fraction of sp³-hybridized carbons (Fsp3) is 0.667. The first-order valence-electron chi connectivity index (χ1n) is 2.88. The number of nitrogens with zero attached hydrogens (tertiary/aromatic N) is 2. The molecule has 0 saturated carbocycles. The summed E-state index contributed by atoms with van der Waals surface area (Å²) in [7, 11) is 0. The minimum absolute atomic E-state index is 0.160. The zero-order valence-electron chi connectivity index (χ0n) is 5.88. The maximum absolute atomic E-state index is 3.96. The van der Waals surface area contributed by atoms with E-state index in [-0.39, 0.29) is 5.41 Å². The molecular formula is C6H10N2S. The van der Waals surface area contributed by atoms with E-state index in [9.17, 15) is 0 Å². The summed E-state index contributed by atoms with van der Waals surface area (Å²) in [6.45, 7) is 6.39. The second kappa shape index (κ2) is 2.06. The molecule has 0 aliphatic carbocycles. The molecule has 0 aromatic carbocycles. The van der Waals surface area contributed by atoms with Gasteiger partial charge in [0.05, 0.1) is 5.69 Å². The minimum atomic E-state index is 0.160. The molecule has 0 bridgehead atoms. The van der Waals surface area contributed by atoms with Crippen LogP contribution in [0.4, 0.5) is 0 Å². The van der Waals surface area contributed by atoms with Gasteiger partial charge in [0.25, 0.3) is 0 Å². The van der Waals surface area contributed by atoms with Gasteiger partial charge in [-0.3, -0.25) is 0 Å². The molecule has 0 fully saturated rings. The van der Waals surface area contributed by atoms with Crippen LogP contribution in [0.3, 0.4) is 0 Å². The average molecular weight is 142 g/mol. The van der Waals surface area contributed by atoms with E-state index in [1.165, 1.54) is 11.5 Å². The summed E-state index contributed by atoms with van der Waals surface area (Å²) in [4.78, 5) is 0. The highest BCUT2D eigenvalue weighted by Gasteiger charge is 2.15. The first-order valence-corrected chi connectivity index (χ1v) is 3.72. The molecule has 0 aliphatic rings. The molecule has 1 aromatic rings. The van der Waals surface area contributed by atoms with E-state index >= 15 is 0 Å². The average Bonchev–Trinajstić information content (AvgIpc) is 2.08. The maximum atomic E-state index is 3.96. The van der Waals surface area contributed by atoms with E-state index in [0.29, 0.717) is 0 Å². The Kier molecular flexibility index (Phi) is 1.53. The predicted molar refractivity (Wildman–Crippen MR) is 38.6 cm³/mol. The van der Waals surface area contributed by atoms with Crippen molar-refractivity contribution in [2.45, 2.75) is 26.2 Å². The van der Waals surface area contributed by atoms with E-state index in [4.69, 9.17) is 0 Å². The van der Waals surface area contributed by atoms with Crippen LogP contribution in [0.5, 0.6) is 0 Å². The summed E-state index contributed by atoms with van der Waals surface area (Å²) in [5.74, 6) is 0. The normalized spacial score (nSPS) is 11.9. The van der Waals surface area contributed by atoms with Gasteiger partial charge in [0.15, 0.2) is 0 Å². The molecule has 1 heterocycles. The van der Waals surface area contributed by atoms with Gasteiger partial charge in [0.2, 0.25) is 0 Å². The lowest BCUT2D eigenvalue weighted by atomic mass is 9.94. The molecule has 0 spiro atoms. The highest BCUT2D eigenvalue weighted by atomic mass is 32.1. The summed E-state index contributed by atoms with van der Waals surface area (Å²) in [5, 5.41) is 5.94. The molecule has 9 heavy (non-hydrogen) atoms. The molecule has 3 heteroatoms. The monoisotopic (exact) mass is 142 g/mol. The van der Waals surface area contributed by atoms with Gasteiger partial charge >= 0.3 is 0 Å². The van der Waals surface area contributed by atoms with Crippen molar-refractivity contribution in [1.82, 2.24) is 9.59 Å². The quantitative estimate of drug-likeness (QED) is 0.552. The zero-order valence-corrected chi connectivity index (χ0v) is 6.70. The second-order valence-corrected chi connectivity index (χ2v) is 3.65. The fourth-order valence-corrected chi connectivity index (χ4v) is 1.17. The van der Waals surface area contributed by atoms with Crippen LogP contribution in [0.25, 0.3) is 0 Å². The molecule has 0 unspecified atom stereocenters. The third-order valence-corrected chi connectivity index (χ3v) is 1.63. The molecule has 0 N–H and O–H groups in total. The van der Waals surface area contributed by atoms with Gasteiger partial charge in [-0.05, 0) is 11.5 Å². The van der Waals surface area contributed by atoms with Crippen molar-refractivity contribution < 1.29 is 0 Å². The minimum Gasteiger partial charge on any atom is -0.143 e. The molecule has 0 atom stereocenters. The Balaban J connectivity index is 2.90. The highest BCUT2D eigenvalue weighted by Crippen LogP contribution is 2.19. The molecule has 0 saturated heterocycles. The summed E-state index contributed by atoms with van der Waals surface area (Å²) in [6, 6.07) is 0. The van der Waals surface area contributed by atoms with Crippen molar-refractivity contribution >= 4 is 11.5 Å². The number of hydrogen-bond donors (Lipinski definition) is 0. The van der Waals surface area contributed by atoms with Crippen LogP contribution in [0.15, 0.2) is 5.38 Å². The van der Waals surface area contributed by atoms with Crippen molar-refractivity contribution in [2.24, 2.45) is 0 Å². The van der Waals surface area contributed by atoms with E-state index in [0.717, 1.165) is 5.69 Å². The Labute approximate surface area is 59.1 Å². The Morgan fingerprint density at radius 3 is 2.33 bits per heavy atom. The second-order valence-electron chi connectivity index (χ2n) is 3.04. The lowest BCUT2D eigenvalue weighted by Gasteiger charge is -2.12. The zero-order chi connectivity index (χ0) is 6.91. The summed E-state index contributed by atoms with van der Waals surface area (Å²) < 4.78 is 3.78. The Morgan fingerprint density at radius 2 is 2.11 bits per heavy atom. The Bertz CT molecular complexity index is 173.